The van der Waals surface area contributed by atoms with Gasteiger partial charge in [0.2, 0.25) is 0 Å². The summed E-state index contributed by atoms with van der Waals surface area (Å²) in [4.78, 5) is 16.0. The number of carbonyl (C=O) groups excluding carboxylic acids is 1. The molecule has 3 unspecified atom stereocenters. The maximum absolute atomic E-state index is 12.0. The van der Waals surface area contributed by atoms with Crippen LogP contribution in [0.4, 0.5) is 0 Å². The summed E-state index contributed by atoms with van der Waals surface area (Å²) in [5.41, 5.74) is 0. The molecule has 1 amide bonds. The Kier molecular flexibility index (Phi) is 10.9. The van der Waals surface area contributed by atoms with E-state index in [1.54, 1.807) is 19.2 Å². The maximum Gasteiger partial charge on any atom is 0.287 e. The zero-order valence-corrected chi connectivity index (χ0v) is 18.5. The molecule has 0 radical (unpaired) electrons. The normalized spacial score (nSPS) is 21.4. The summed E-state index contributed by atoms with van der Waals surface area (Å²) in [7, 11) is 0.989. The first-order valence-electron chi connectivity index (χ1n) is 8.80. The lowest BCUT2D eigenvalue weighted by atomic mass is 9.95. The van der Waals surface area contributed by atoms with Gasteiger partial charge in [-0.25, -0.2) is 0 Å². The number of rotatable bonds is 7. The lowest BCUT2D eigenvalue weighted by molar-refractivity contribution is 0.0926. The maximum atomic E-state index is 12.0. The molecule has 1 aliphatic carbocycles. The van der Waals surface area contributed by atoms with Crippen molar-refractivity contribution in [3.63, 3.8) is 0 Å². The van der Waals surface area contributed by atoms with E-state index in [-0.39, 0.29) is 41.2 Å². The quantitative estimate of drug-likeness (QED) is 0.232. The van der Waals surface area contributed by atoms with Gasteiger partial charge in [-0.2, -0.15) is 0 Å². The van der Waals surface area contributed by atoms with E-state index in [4.69, 9.17) is 4.42 Å². The number of nitrogens with zero attached hydrogens (tertiary/aromatic N) is 1. The van der Waals surface area contributed by atoms with Crippen molar-refractivity contribution in [2.24, 2.45) is 4.99 Å². The Morgan fingerprint density at radius 3 is 2.77 bits per heavy atom. The zero-order chi connectivity index (χ0) is 18.1. The van der Waals surface area contributed by atoms with Gasteiger partial charge >= 0.3 is 0 Å². The van der Waals surface area contributed by atoms with Gasteiger partial charge in [0.15, 0.2) is 11.7 Å². The summed E-state index contributed by atoms with van der Waals surface area (Å²) in [6.45, 7) is 3.00. The second-order valence-electron chi connectivity index (χ2n) is 6.03. The highest BCUT2D eigenvalue weighted by Crippen LogP contribution is 2.22. The number of nitrogens with one attached hydrogen (secondary N) is 3. The van der Waals surface area contributed by atoms with Crippen molar-refractivity contribution >= 4 is 46.6 Å². The summed E-state index contributed by atoms with van der Waals surface area (Å²) >= 11 is 0. The molecule has 3 atom stereocenters. The van der Waals surface area contributed by atoms with Crippen LogP contribution >= 0.6 is 24.0 Å². The van der Waals surface area contributed by atoms with Crippen molar-refractivity contribution in [2.45, 2.75) is 43.9 Å². The highest BCUT2D eigenvalue weighted by atomic mass is 127. The van der Waals surface area contributed by atoms with Gasteiger partial charge in [0.25, 0.3) is 5.91 Å². The van der Waals surface area contributed by atoms with Gasteiger partial charge in [-0.1, -0.05) is 13.3 Å². The minimum absolute atomic E-state index is 0. The molecule has 1 heterocycles. The van der Waals surface area contributed by atoms with Crippen LogP contribution in [0.3, 0.4) is 0 Å². The number of guanidine groups is 1. The van der Waals surface area contributed by atoms with Crippen LogP contribution in [0.2, 0.25) is 0 Å². The number of hydrogen-bond donors (Lipinski definition) is 3. The second kappa shape index (κ2) is 12.3. The van der Waals surface area contributed by atoms with E-state index in [9.17, 15) is 9.00 Å². The molecule has 7 nitrogen and oxygen atoms in total. The first-order chi connectivity index (χ1) is 12.1. The van der Waals surface area contributed by atoms with Crippen LogP contribution in [0.1, 0.15) is 43.2 Å². The Hall–Kier alpha value is -1.10. The van der Waals surface area contributed by atoms with Crippen LogP contribution in [0.25, 0.3) is 0 Å². The van der Waals surface area contributed by atoms with E-state index in [0.717, 1.165) is 31.4 Å². The van der Waals surface area contributed by atoms with Crippen LogP contribution in [0.5, 0.6) is 0 Å². The van der Waals surface area contributed by atoms with E-state index in [2.05, 4.69) is 20.9 Å². The summed E-state index contributed by atoms with van der Waals surface area (Å²) in [6.07, 6.45) is 5.58. The Morgan fingerprint density at radius 2 is 2.12 bits per heavy atom. The topological polar surface area (TPSA) is 95.7 Å². The molecule has 1 aromatic heterocycles. The van der Waals surface area contributed by atoms with Crippen molar-refractivity contribution in [1.82, 2.24) is 16.0 Å². The monoisotopic (exact) mass is 496 g/mol. The van der Waals surface area contributed by atoms with E-state index >= 15 is 0 Å². The molecule has 0 spiro atoms. The predicted octanol–water partition coefficient (Wildman–Crippen LogP) is 1.87. The summed E-state index contributed by atoms with van der Waals surface area (Å²) in [6, 6.07) is 3.60. The summed E-state index contributed by atoms with van der Waals surface area (Å²) < 4.78 is 17.1. The molecule has 1 aromatic rings. The fraction of sp³-hybridized carbons (Fsp3) is 0.647. The molecule has 0 aliphatic heterocycles. The Labute approximate surface area is 174 Å². The molecule has 1 fully saturated rings. The van der Waals surface area contributed by atoms with E-state index in [1.165, 1.54) is 6.26 Å². The third-order valence-electron chi connectivity index (χ3n) is 4.29. The number of furan rings is 1. The van der Waals surface area contributed by atoms with Crippen LogP contribution < -0.4 is 16.0 Å². The molecule has 26 heavy (non-hydrogen) atoms. The molecular weight excluding hydrogens is 467 g/mol. The SMILES string of the molecule is CCS(=O)C1CCCC(NC(=NC)NCCNC(=O)c2ccco2)C1.I. The van der Waals surface area contributed by atoms with Crippen molar-refractivity contribution in [3.8, 4) is 0 Å². The fourth-order valence-electron chi connectivity index (χ4n) is 2.99. The van der Waals surface area contributed by atoms with Gasteiger partial charge in [-0.05, 0) is 31.4 Å². The number of amides is 1. The van der Waals surface area contributed by atoms with E-state index in [0.29, 0.717) is 24.8 Å². The smallest absolute Gasteiger partial charge is 0.287 e. The summed E-state index contributed by atoms with van der Waals surface area (Å²) in [5.74, 6) is 1.51. The Bertz CT molecular complexity index is 595. The second-order valence-corrected chi connectivity index (χ2v) is 8.04. The third kappa shape index (κ3) is 7.26. The van der Waals surface area contributed by atoms with E-state index < -0.39 is 10.8 Å². The number of aliphatic imine (C=N–C) groups is 1. The lowest BCUT2D eigenvalue weighted by Crippen LogP contribution is -2.48. The average Bonchev–Trinajstić information content (AvgIpc) is 3.18. The van der Waals surface area contributed by atoms with Crippen LogP contribution in [-0.2, 0) is 10.8 Å². The van der Waals surface area contributed by atoms with Crippen LogP contribution in [-0.4, -0.2) is 53.3 Å². The van der Waals surface area contributed by atoms with Crippen molar-refractivity contribution in [2.75, 3.05) is 25.9 Å². The fourth-order valence-corrected chi connectivity index (χ4v) is 4.34. The zero-order valence-electron chi connectivity index (χ0n) is 15.3. The van der Waals surface area contributed by atoms with Gasteiger partial charge < -0.3 is 20.4 Å². The van der Waals surface area contributed by atoms with Gasteiger partial charge in [0, 0.05) is 48.0 Å². The number of hydrogen-bond acceptors (Lipinski definition) is 4. The van der Waals surface area contributed by atoms with Gasteiger partial charge in [0.05, 0.1) is 6.26 Å². The van der Waals surface area contributed by atoms with Crippen LogP contribution in [0.15, 0.2) is 27.8 Å². The number of carbonyl (C=O) groups is 1. The molecule has 1 aliphatic rings. The van der Waals surface area contributed by atoms with Crippen molar-refractivity contribution < 1.29 is 13.4 Å². The minimum atomic E-state index is -0.734. The molecule has 9 heteroatoms. The van der Waals surface area contributed by atoms with Crippen LogP contribution in [0, 0.1) is 0 Å². The standard InChI is InChI=1S/C17H28N4O3S.HI/c1-3-25(23)14-7-4-6-13(12-14)21-17(18-2)20-10-9-19-16(22)15-8-5-11-24-15;/h5,8,11,13-14H,3-4,6-7,9-10,12H2,1-2H3,(H,19,22)(H2,18,20,21);1H. The molecule has 0 bridgehead atoms. The highest BCUT2D eigenvalue weighted by molar-refractivity contribution is 14.0. The molecule has 3 N–H and O–H groups in total. The number of halogens is 1. The molecule has 1 saturated carbocycles. The molecule has 0 aromatic carbocycles. The first kappa shape index (κ1) is 22.9. The molecular formula is C17H29IN4O3S. The minimum Gasteiger partial charge on any atom is -0.459 e. The third-order valence-corrected chi connectivity index (χ3v) is 6.04. The van der Waals surface area contributed by atoms with Gasteiger partial charge in [-0.15, -0.1) is 24.0 Å². The summed E-state index contributed by atoms with van der Waals surface area (Å²) in [5, 5.41) is 9.66. The Balaban J connectivity index is 0.00000338. The van der Waals surface area contributed by atoms with Gasteiger partial charge in [-0.3, -0.25) is 14.0 Å². The van der Waals surface area contributed by atoms with E-state index in [1.807, 2.05) is 6.92 Å². The average molecular weight is 496 g/mol. The molecule has 148 valence electrons. The highest BCUT2D eigenvalue weighted by Gasteiger charge is 2.25. The largest absolute Gasteiger partial charge is 0.459 e. The Morgan fingerprint density at radius 1 is 1.35 bits per heavy atom. The lowest BCUT2D eigenvalue weighted by Gasteiger charge is -2.30. The molecule has 0 saturated heterocycles. The molecule has 2 rings (SSSR count). The predicted molar refractivity (Wildman–Crippen MR) is 116 cm³/mol. The van der Waals surface area contributed by atoms with Crippen molar-refractivity contribution in [1.29, 1.82) is 0 Å². The van der Waals surface area contributed by atoms with Gasteiger partial charge in [0.1, 0.15) is 0 Å². The van der Waals surface area contributed by atoms with Crippen molar-refractivity contribution in [3.05, 3.63) is 24.2 Å². The first-order valence-corrected chi connectivity index (χ1v) is 10.2.